The summed E-state index contributed by atoms with van der Waals surface area (Å²) in [7, 11) is 0. The van der Waals surface area contributed by atoms with Gasteiger partial charge in [0.05, 0.1) is 6.54 Å². The smallest absolute Gasteiger partial charge is 0.146 e. The second kappa shape index (κ2) is 3.19. The number of aromatic nitrogens is 3. The van der Waals surface area contributed by atoms with Crippen LogP contribution >= 0.6 is 12.4 Å². The zero-order valence-corrected chi connectivity index (χ0v) is 6.97. The predicted octanol–water partition coefficient (Wildman–Crippen LogP) is 0.105. The molecule has 0 unspecified atom stereocenters. The number of fused-ring (bicyclic) bond motifs is 1. The highest BCUT2D eigenvalue weighted by molar-refractivity contribution is 5.85. The summed E-state index contributed by atoms with van der Waals surface area (Å²) < 4.78 is 2.11. The van der Waals surface area contributed by atoms with Crippen molar-refractivity contribution in [3.8, 4) is 0 Å². The first-order chi connectivity index (χ1) is 4.92. The lowest BCUT2D eigenvalue weighted by atomic mass is 10.4. The molecule has 1 aliphatic heterocycles. The summed E-state index contributed by atoms with van der Waals surface area (Å²) >= 11 is 0. The topological polar surface area (TPSA) is 56.7 Å². The molecule has 0 radical (unpaired) electrons. The van der Waals surface area contributed by atoms with Crippen molar-refractivity contribution in [1.82, 2.24) is 14.8 Å². The minimum Gasteiger partial charge on any atom is -0.324 e. The molecule has 2 N–H and O–H groups in total. The average Bonchev–Trinajstić information content (AvgIpc) is 2.44. The standard InChI is InChI=1S/C6H10N4.ClH/c7-4-6-9-8-5-2-1-3-10(5)6;/h1-4,7H2;1H. The fraction of sp³-hybridized carbons (Fsp3) is 0.667. The van der Waals surface area contributed by atoms with E-state index in [1.54, 1.807) is 0 Å². The first-order valence-electron chi connectivity index (χ1n) is 3.53. The Balaban J connectivity index is 0.000000605. The summed E-state index contributed by atoms with van der Waals surface area (Å²) in [5, 5.41) is 7.94. The molecule has 0 bridgehead atoms. The maximum absolute atomic E-state index is 5.44. The van der Waals surface area contributed by atoms with Crippen LogP contribution in [0.1, 0.15) is 18.1 Å². The van der Waals surface area contributed by atoms with Crippen molar-refractivity contribution in [2.75, 3.05) is 0 Å². The van der Waals surface area contributed by atoms with E-state index in [1.807, 2.05) is 0 Å². The van der Waals surface area contributed by atoms with Gasteiger partial charge in [-0.25, -0.2) is 0 Å². The van der Waals surface area contributed by atoms with E-state index in [1.165, 1.54) is 6.42 Å². The Morgan fingerprint density at radius 1 is 1.45 bits per heavy atom. The van der Waals surface area contributed by atoms with E-state index in [9.17, 15) is 0 Å². The van der Waals surface area contributed by atoms with Crippen molar-refractivity contribution < 1.29 is 0 Å². The van der Waals surface area contributed by atoms with Crippen LogP contribution in [-0.2, 0) is 19.5 Å². The van der Waals surface area contributed by atoms with Gasteiger partial charge in [-0.05, 0) is 6.42 Å². The van der Waals surface area contributed by atoms with Gasteiger partial charge in [0.15, 0.2) is 0 Å². The molecule has 5 heteroatoms. The molecule has 1 aliphatic rings. The quantitative estimate of drug-likeness (QED) is 0.658. The highest BCUT2D eigenvalue weighted by Crippen LogP contribution is 2.12. The van der Waals surface area contributed by atoms with E-state index in [0.717, 1.165) is 24.6 Å². The molecule has 2 rings (SSSR count). The third-order valence-electron chi connectivity index (χ3n) is 1.87. The monoisotopic (exact) mass is 174 g/mol. The zero-order valence-electron chi connectivity index (χ0n) is 6.16. The van der Waals surface area contributed by atoms with Crippen molar-refractivity contribution in [2.45, 2.75) is 25.9 Å². The van der Waals surface area contributed by atoms with Gasteiger partial charge in [-0.2, -0.15) is 0 Å². The summed E-state index contributed by atoms with van der Waals surface area (Å²) in [5.41, 5.74) is 5.44. The lowest BCUT2D eigenvalue weighted by molar-refractivity contribution is 0.688. The minimum absolute atomic E-state index is 0. The molecule has 1 aromatic heterocycles. The Morgan fingerprint density at radius 2 is 2.27 bits per heavy atom. The molecule has 62 valence electrons. The number of hydrogen-bond acceptors (Lipinski definition) is 3. The van der Waals surface area contributed by atoms with Gasteiger partial charge >= 0.3 is 0 Å². The summed E-state index contributed by atoms with van der Waals surface area (Å²) in [4.78, 5) is 0. The summed E-state index contributed by atoms with van der Waals surface area (Å²) in [6, 6.07) is 0. The number of hydrogen-bond donors (Lipinski definition) is 1. The van der Waals surface area contributed by atoms with E-state index in [4.69, 9.17) is 5.73 Å². The van der Waals surface area contributed by atoms with E-state index in [2.05, 4.69) is 14.8 Å². The molecule has 0 saturated carbocycles. The van der Waals surface area contributed by atoms with Crippen molar-refractivity contribution in [1.29, 1.82) is 0 Å². The van der Waals surface area contributed by atoms with E-state index >= 15 is 0 Å². The second-order valence-electron chi connectivity index (χ2n) is 2.49. The van der Waals surface area contributed by atoms with Gasteiger partial charge in [-0.1, -0.05) is 0 Å². The fourth-order valence-electron chi connectivity index (χ4n) is 1.36. The number of aryl methyl sites for hydroxylation is 1. The summed E-state index contributed by atoms with van der Waals surface area (Å²) in [6.45, 7) is 1.56. The molecule has 0 aliphatic carbocycles. The number of halogens is 1. The molecule has 0 amide bonds. The SMILES string of the molecule is Cl.NCc1nnc2n1CCC2. The molecular formula is C6H11ClN4. The van der Waals surface area contributed by atoms with Gasteiger partial charge < -0.3 is 10.3 Å². The molecule has 2 heterocycles. The van der Waals surface area contributed by atoms with Crippen molar-refractivity contribution >= 4 is 12.4 Å². The minimum atomic E-state index is 0. The van der Waals surface area contributed by atoms with Gasteiger partial charge in [0.25, 0.3) is 0 Å². The lowest BCUT2D eigenvalue weighted by Crippen LogP contribution is -2.06. The van der Waals surface area contributed by atoms with E-state index in [0.29, 0.717) is 6.54 Å². The lowest BCUT2D eigenvalue weighted by Gasteiger charge is -1.96. The third kappa shape index (κ3) is 1.23. The molecular weight excluding hydrogens is 164 g/mol. The Hall–Kier alpha value is -0.610. The summed E-state index contributed by atoms with van der Waals surface area (Å²) in [5.74, 6) is 2.02. The van der Waals surface area contributed by atoms with Crippen LogP contribution in [0, 0.1) is 0 Å². The van der Waals surface area contributed by atoms with Crippen LogP contribution in [0.15, 0.2) is 0 Å². The normalized spacial score (nSPS) is 14.3. The van der Waals surface area contributed by atoms with Gasteiger partial charge in [-0.15, -0.1) is 22.6 Å². The van der Waals surface area contributed by atoms with Crippen LogP contribution in [-0.4, -0.2) is 14.8 Å². The number of nitrogens with two attached hydrogens (primary N) is 1. The van der Waals surface area contributed by atoms with Crippen molar-refractivity contribution in [2.24, 2.45) is 5.73 Å². The van der Waals surface area contributed by atoms with E-state index in [-0.39, 0.29) is 12.4 Å². The molecule has 0 atom stereocenters. The van der Waals surface area contributed by atoms with Crippen molar-refractivity contribution in [3.63, 3.8) is 0 Å². The van der Waals surface area contributed by atoms with Crippen LogP contribution in [0.25, 0.3) is 0 Å². The van der Waals surface area contributed by atoms with E-state index < -0.39 is 0 Å². The molecule has 11 heavy (non-hydrogen) atoms. The molecule has 0 fully saturated rings. The Bertz CT molecular complexity index is 245. The van der Waals surface area contributed by atoms with Crippen LogP contribution < -0.4 is 5.73 Å². The highest BCUT2D eigenvalue weighted by atomic mass is 35.5. The molecule has 0 aromatic carbocycles. The Kier molecular flexibility index (Phi) is 2.46. The molecule has 0 spiro atoms. The number of nitrogens with zero attached hydrogens (tertiary/aromatic N) is 3. The summed E-state index contributed by atoms with van der Waals surface area (Å²) in [6.07, 6.45) is 2.25. The third-order valence-corrected chi connectivity index (χ3v) is 1.87. The largest absolute Gasteiger partial charge is 0.324 e. The fourth-order valence-corrected chi connectivity index (χ4v) is 1.36. The van der Waals surface area contributed by atoms with Crippen molar-refractivity contribution in [3.05, 3.63) is 11.6 Å². The predicted molar refractivity (Wildman–Crippen MR) is 43.5 cm³/mol. The first-order valence-corrected chi connectivity index (χ1v) is 3.53. The van der Waals surface area contributed by atoms with Gasteiger partial charge in [0, 0.05) is 13.0 Å². The number of rotatable bonds is 1. The first kappa shape index (κ1) is 8.49. The zero-order chi connectivity index (χ0) is 6.97. The van der Waals surface area contributed by atoms with Crippen LogP contribution in [0.3, 0.4) is 0 Å². The van der Waals surface area contributed by atoms with Crippen LogP contribution in [0.2, 0.25) is 0 Å². The van der Waals surface area contributed by atoms with Crippen LogP contribution in [0.4, 0.5) is 0 Å². The van der Waals surface area contributed by atoms with Gasteiger partial charge in [0.1, 0.15) is 11.6 Å². The highest BCUT2D eigenvalue weighted by Gasteiger charge is 2.15. The molecule has 4 nitrogen and oxygen atoms in total. The Labute approximate surface area is 71.2 Å². The maximum atomic E-state index is 5.44. The second-order valence-corrected chi connectivity index (χ2v) is 2.49. The average molecular weight is 175 g/mol. The van der Waals surface area contributed by atoms with Gasteiger partial charge in [0.2, 0.25) is 0 Å². The molecule has 1 aromatic rings. The van der Waals surface area contributed by atoms with Gasteiger partial charge in [-0.3, -0.25) is 0 Å². The van der Waals surface area contributed by atoms with Crippen LogP contribution in [0.5, 0.6) is 0 Å². The molecule has 0 saturated heterocycles. The Morgan fingerprint density at radius 3 is 3.00 bits per heavy atom. The maximum Gasteiger partial charge on any atom is 0.146 e.